The van der Waals surface area contributed by atoms with E-state index in [9.17, 15) is 9.59 Å². The number of carbonyl (C=O) groups is 2. The molecule has 3 amide bonds. The molecule has 1 heterocycles. The Morgan fingerprint density at radius 1 is 1.26 bits per heavy atom. The van der Waals surface area contributed by atoms with E-state index in [0.717, 1.165) is 39.0 Å². The first kappa shape index (κ1) is 14.1. The Morgan fingerprint density at radius 3 is 2.53 bits per heavy atom. The first-order chi connectivity index (χ1) is 9.16. The van der Waals surface area contributed by atoms with Crippen molar-refractivity contribution in [1.29, 1.82) is 0 Å². The van der Waals surface area contributed by atoms with E-state index in [2.05, 4.69) is 10.6 Å². The molecule has 2 N–H and O–H groups in total. The number of likely N-dealkylation sites (N-methyl/N-ethyl adjacent to an activating group) is 1. The summed E-state index contributed by atoms with van der Waals surface area (Å²) in [6.07, 6.45) is 4.50. The Kier molecular flexibility index (Phi) is 5.01. The van der Waals surface area contributed by atoms with Crippen molar-refractivity contribution < 1.29 is 9.59 Å². The summed E-state index contributed by atoms with van der Waals surface area (Å²) in [7, 11) is 1.68. The van der Waals surface area contributed by atoms with E-state index < -0.39 is 0 Å². The van der Waals surface area contributed by atoms with E-state index >= 15 is 0 Å². The number of amides is 3. The van der Waals surface area contributed by atoms with Gasteiger partial charge >= 0.3 is 6.03 Å². The maximum absolute atomic E-state index is 12.0. The van der Waals surface area contributed by atoms with Gasteiger partial charge in [0.15, 0.2) is 0 Å². The maximum Gasteiger partial charge on any atom is 0.317 e. The third-order valence-corrected chi connectivity index (χ3v) is 3.87. The summed E-state index contributed by atoms with van der Waals surface area (Å²) in [4.78, 5) is 27.3. The first-order valence-electron chi connectivity index (χ1n) is 7.17. The molecule has 1 aliphatic carbocycles. The number of nitrogens with zero attached hydrogens (tertiary/aromatic N) is 2. The van der Waals surface area contributed by atoms with E-state index in [1.165, 1.54) is 17.7 Å². The highest BCUT2D eigenvalue weighted by atomic mass is 16.2. The maximum atomic E-state index is 12.0. The van der Waals surface area contributed by atoms with Crippen molar-refractivity contribution in [2.75, 3.05) is 39.8 Å². The number of rotatable bonds is 3. The summed E-state index contributed by atoms with van der Waals surface area (Å²) >= 11 is 0. The molecule has 1 saturated heterocycles. The minimum atomic E-state index is -0.129. The molecule has 6 heteroatoms. The van der Waals surface area contributed by atoms with Crippen LogP contribution in [0.4, 0.5) is 4.79 Å². The average Bonchev–Trinajstić information content (AvgIpc) is 2.92. The number of hydrogen-bond acceptors (Lipinski definition) is 3. The molecule has 0 aromatic rings. The molecule has 6 nitrogen and oxygen atoms in total. The van der Waals surface area contributed by atoms with Gasteiger partial charge in [-0.2, -0.15) is 0 Å². The zero-order valence-electron chi connectivity index (χ0n) is 11.7. The number of piperazine rings is 1. The van der Waals surface area contributed by atoms with E-state index in [-0.39, 0.29) is 18.5 Å². The van der Waals surface area contributed by atoms with Crippen molar-refractivity contribution >= 4 is 11.9 Å². The first-order valence-corrected chi connectivity index (χ1v) is 7.17. The van der Waals surface area contributed by atoms with Crippen LogP contribution in [-0.4, -0.2) is 67.6 Å². The number of carbonyl (C=O) groups excluding carboxylic acids is 2. The van der Waals surface area contributed by atoms with Crippen LogP contribution in [0.15, 0.2) is 0 Å². The summed E-state index contributed by atoms with van der Waals surface area (Å²) in [5.74, 6) is 0.0329. The van der Waals surface area contributed by atoms with Gasteiger partial charge in [-0.15, -0.1) is 0 Å². The van der Waals surface area contributed by atoms with Gasteiger partial charge in [-0.25, -0.2) is 4.79 Å². The Bertz CT molecular complexity index is 323. The van der Waals surface area contributed by atoms with Crippen molar-refractivity contribution in [3.8, 4) is 0 Å². The lowest BCUT2D eigenvalue weighted by Gasteiger charge is -2.29. The van der Waals surface area contributed by atoms with Crippen molar-refractivity contribution in [2.45, 2.75) is 31.7 Å². The largest absolute Gasteiger partial charge is 0.339 e. The molecule has 0 bridgehead atoms. The van der Waals surface area contributed by atoms with Crippen LogP contribution in [0, 0.1) is 0 Å². The lowest BCUT2D eigenvalue weighted by molar-refractivity contribution is -0.132. The van der Waals surface area contributed by atoms with Gasteiger partial charge in [0.2, 0.25) is 5.91 Å². The Hall–Kier alpha value is -1.30. The molecule has 0 spiro atoms. The minimum Gasteiger partial charge on any atom is -0.339 e. The molecule has 19 heavy (non-hydrogen) atoms. The summed E-state index contributed by atoms with van der Waals surface area (Å²) in [5.41, 5.74) is 0. The van der Waals surface area contributed by atoms with Gasteiger partial charge in [0, 0.05) is 39.3 Å². The van der Waals surface area contributed by atoms with Gasteiger partial charge in [0.1, 0.15) is 6.54 Å². The summed E-state index contributed by atoms with van der Waals surface area (Å²) in [6, 6.07) is 0.166. The molecule has 1 saturated carbocycles. The molecular formula is C13H24N4O2. The van der Waals surface area contributed by atoms with Gasteiger partial charge < -0.3 is 20.4 Å². The zero-order valence-corrected chi connectivity index (χ0v) is 11.7. The van der Waals surface area contributed by atoms with Crippen LogP contribution in [0.5, 0.6) is 0 Å². The Balaban J connectivity index is 1.73. The van der Waals surface area contributed by atoms with Crippen LogP contribution >= 0.6 is 0 Å². The second kappa shape index (κ2) is 6.75. The highest BCUT2D eigenvalue weighted by molar-refractivity contribution is 5.84. The topological polar surface area (TPSA) is 64.7 Å². The van der Waals surface area contributed by atoms with E-state index in [4.69, 9.17) is 0 Å². The lowest BCUT2D eigenvalue weighted by Crippen LogP contribution is -2.51. The minimum absolute atomic E-state index is 0.0329. The second-order valence-electron chi connectivity index (χ2n) is 5.42. The number of urea groups is 1. The van der Waals surface area contributed by atoms with Crippen LogP contribution in [0.1, 0.15) is 25.7 Å². The molecule has 0 aromatic carbocycles. The summed E-state index contributed by atoms with van der Waals surface area (Å²) < 4.78 is 0. The SMILES string of the molecule is CN(CC(=O)N1CCNCC1)C(=O)NC1CCCC1. The fourth-order valence-electron chi connectivity index (χ4n) is 2.64. The van der Waals surface area contributed by atoms with Crippen LogP contribution in [0.25, 0.3) is 0 Å². The number of nitrogens with one attached hydrogen (secondary N) is 2. The van der Waals surface area contributed by atoms with Gasteiger partial charge in [0.05, 0.1) is 0 Å². The Labute approximate surface area is 114 Å². The van der Waals surface area contributed by atoms with Crippen LogP contribution in [-0.2, 0) is 4.79 Å². The summed E-state index contributed by atoms with van der Waals surface area (Å²) in [6.45, 7) is 3.31. The monoisotopic (exact) mass is 268 g/mol. The zero-order chi connectivity index (χ0) is 13.7. The fourth-order valence-corrected chi connectivity index (χ4v) is 2.64. The quantitative estimate of drug-likeness (QED) is 0.757. The van der Waals surface area contributed by atoms with Crippen LogP contribution in [0.2, 0.25) is 0 Å². The van der Waals surface area contributed by atoms with Crippen molar-refractivity contribution in [3.63, 3.8) is 0 Å². The molecule has 0 atom stereocenters. The summed E-state index contributed by atoms with van der Waals surface area (Å²) in [5, 5.41) is 6.20. The van der Waals surface area contributed by atoms with E-state index in [1.54, 1.807) is 7.05 Å². The molecule has 2 fully saturated rings. The standard InChI is InChI=1S/C13H24N4O2/c1-16(13(19)15-11-4-2-3-5-11)10-12(18)17-8-6-14-7-9-17/h11,14H,2-10H2,1H3,(H,15,19). The molecule has 0 unspecified atom stereocenters. The van der Waals surface area contributed by atoms with Crippen molar-refractivity contribution in [1.82, 2.24) is 20.4 Å². The molecule has 0 aromatic heterocycles. The average molecular weight is 268 g/mol. The normalized spacial score (nSPS) is 20.4. The third kappa shape index (κ3) is 4.09. The highest BCUT2D eigenvalue weighted by Gasteiger charge is 2.22. The molecule has 0 radical (unpaired) electrons. The second-order valence-corrected chi connectivity index (χ2v) is 5.42. The smallest absolute Gasteiger partial charge is 0.317 e. The fraction of sp³-hybridized carbons (Fsp3) is 0.846. The lowest BCUT2D eigenvalue weighted by atomic mass is 10.2. The molecule has 2 rings (SSSR count). The van der Waals surface area contributed by atoms with Crippen molar-refractivity contribution in [2.24, 2.45) is 0 Å². The molecule has 1 aliphatic heterocycles. The van der Waals surface area contributed by atoms with E-state index in [0.29, 0.717) is 6.04 Å². The van der Waals surface area contributed by atoms with Gasteiger partial charge in [0.25, 0.3) is 0 Å². The highest BCUT2D eigenvalue weighted by Crippen LogP contribution is 2.17. The molecular weight excluding hydrogens is 244 g/mol. The van der Waals surface area contributed by atoms with Crippen LogP contribution < -0.4 is 10.6 Å². The molecule has 108 valence electrons. The number of hydrogen-bond donors (Lipinski definition) is 2. The van der Waals surface area contributed by atoms with E-state index in [1.807, 2.05) is 4.90 Å². The van der Waals surface area contributed by atoms with Gasteiger partial charge in [-0.05, 0) is 12.8 Å². The predicted octanol–water partition coefficient (Wildman–Crippen LogP) is 0.00220. The van der Waals surface area contributed by atoms with Gasteiger partial charge in [-0.3, -0.25) is 4.79 Å². The molecule has 2 aliphatic rings. The third-order valence-electron chi connectivity index (χ3n) is 3.87. The Morgan fingerprint density at radius 2 is 1.89 bits per heavy atom. The van der Waals surface area contributed by atoms with Crippen LogP contribution in [0.3, 0.4) is 0 Å². The predicted molar refractivity (Wildman–Crippen MR) is 72.9 cm³/mol. The van der Waals surface area contributed by atoms with Crippen molar-refractivity contribution in [3.05, 3.63) is 0 Å². The van der Waals surface area contributed by atoms with Gasteiger partial charge in [-0.1, -0.05) is 12.8 Å².